The van der Waals surface area contributed by atoms with Gasteiger partial charge >= 0.3 is 6.09 Å². The second-order valence-corrected chi connectivity index (χ2v) is 7.56. The Labute approximate surface area is 148 Å². The predicted octanol–water partition coefficient (Wildman–Crippen LogP) is 1.48. The molecule has 7 nitrogen and oxygen atoms in total. The molecule has 0 aromatic rings. The fourth-order valence-corrected chi connectivity index (χ4v) is 3.05. The van der Waals surface area contributed by atoms with Crippen molar-refractivity contribution in [2.24, 2.45) is 0 Å². The maximum atomic E-state index is 12.5. The van der Waals surface area contributed by atoms with Crippen LogP contribution in [0.25, 0.3) is 0 Å². The molecule has 2 amide bonds. The monoisotopic (exact) mass is 362 g/mol. The standard InChI is InChI=1S/C16H27ClN2O5/c1-15(2,3)24-14(21)19-5-4-7-23-16(11-19)10-18(13(20)9-17)6-8-22-12-16/h4-12H2,1-3H3. The lowest BCUT2D eigenvalue weighted by atomic mass is 10.0. The summed E-state index contributed by atoms with van der Waals surface area (Å²) in [6, 6.07) is 0. The van der Waals surface area contributed by atoms with E-state index in [2.05, 4.69) is 0 Å². The lowest BCUT2D eigenvalue weighted by Gasteiger charge is -2.37. The van der Waals surface area contributed by atoms with Gasteiger partial charge in [0.25, 0.3) is 0 Å². The van der Waals surface area contributed by atoms with Crippen molar-refractivity contribution in [1.29, 1.82) is 0 Å². The lowest BCUT2D eigenvalue weighted by molar-refractivity contribution is -0.134. The van der Waals surface area contributed by atoms with E-state index in [-0.39, 0.29) is 17.9 Å². The Morgan fingerprint density at radius 2 is 1.88 bits per heavy atom. The van der Waals surface area contributed by atoms with Crippen molar-refractivity contribution in [1.82, 2.24) is 9.80 Å². The van der Waals surface area contributed by atoms with Gasteiger partial charge in [0, 0.05) is 19.7 Å². The van der Waals surface area contributed by atoms with Crippen LogP contribution < -0.4 is 0 Å². The topological polar surface area (TPSA) is 68.3 Å². The second kappa shape index (κ2) is 7.89. The largest absolute Gasteiger partial charge is 0.444 e. The Hall–Kier alpha value is -1.05. The van der Waals surface area contributed by atoms with Gasteiger partial charge in [-0.1, -0.05) is 0 Å². The molecule has 2 fully saturated rings. The number of halogens is 1. The van der Waals surface area contributed by atoms with Gasteiger partial charge in [-0.2, -0.15) is 0 Å². The Balaban J connectivity index is 2.14. The van der Waals surface area contributed by atoms with Crippen LogP contribution in [0.1, 0.15) is 27.2 Å². The van der Waals surface area contributed by atoms with Crippen LogP contribution in [0, 0.1) is 0 Å². The molecule has 2 rings (SSSR count). The summed E-state index contributed by atoms with van der Waals surface area (Å²) < 4.78 is 17.2. The zero-order chi connectivity index (χ0) is 17.8. The molecule has 24 heavy (non-hydrogen) atoms. The van der Waals surface area contributed by atoms with Gasteiger partial charge in [0.1, 0.15) is 17.1 Å². The van der Waals surface area contributed by atoms with Crippen molar-refractivity contribution in [2.45, 2.75) is 38.4 Å². The van der Waals surface area contributed by atoms with Gasteiger partial charge in [-0.05, 0) is 27.2 Å². The van der Waals surface area contributed by atoms with Gasteiger partial charge in [-0.25, -0.2) is 4.79 Å². The minimum Gasteiger partial charge on any atom is -0.444 e. The first-order valence-corrected chi connectivity index (χ1v) is 8.81. The van der Waals surface area contributed by atoms with Gasteiger partial charge in [0.15, 0.2) is 0 Å². The Bertz CT molecular complexity index is 464. The zero-order valence-electron chi connectivity index (χ0n) is 14.7. The van der Waals surface area contributed by atoms with Crippen molar-refractivity contribution in [3.8, 4) is 0 Å². The van der Waals surface area contributed by atoms with Crippen molar-refractivity contribution >= 4 is 23.6 Å². The van der Waals surface area contributed by atoms with E-state index in [0.717, 1.165) is 0 Å². The quantitative estimate of drug-likeness (QED) is 0.661. The van der Waals surface area contributed by atoms with E-state index < -0.39 is 11.2 Å². The van der Waals surface area contributed by atoms with Gasteiger partial charge in [0.05, 0.1) is 26.3 Å². The SMILES string of the molecule is CC(C)(C)OC(=O)N1CCCOC2(COCCN(C(=O)CCl)C2)C1. The molecule has 0 aliphatic carbocycles. The minimum absolute atomic E-state index is 0.0775. The molecule has 2 saturated heterocycles. The van der Waals surface area contributed by atoms with Crippen molar-refractivity contribution < 1.29 is 23.8 Å². The molecule has 2 heterocycles. The molecule has 138 valence electrons. The zero-order valence-corrected chi connectivity index (χ0v) is 15.4. The van der Waals surface area contributed by atoms with Crippen molar-refractivity contribution in [3.05, 3.63) is 0 Å². The summed E-state index contributed by atoms with van der Waals surface area (Å²) in [4.78, 5) is 27.8. The van der Waals surface area contributed by atoms with Crippen LogP contribution in [0.4, 0.5) is 4.79 Å². The first-order chi connectivity index (χ1) is 11.2. The summed E-state index contributed by atoms with van der Waals surface area (Å²) in [7, 11) is 0. The molecule has 0 N–H and O–H groups in total. The fraction of sp³-hybridized carbons (Fsp3) is 0.875. The molecule has 0 aromatic heterocycles. The molecule has 2 aliphatic rings. The van der Waals surface area contributed by atoms with Crippen molar-refractivity contribution in [3.63, 3.8) is 0 Å². The molecule has 0 aromatic carbocycles. The van der Waals surface area contributed by atoms with E-state index >= 15 is 0 Å². The fourth-order valence-electron chi connectivity index (χ4n) is 2.88. The Kier molecular flexibility index (Phi) is 6.33. The van der Waals surface area contributed by atoms with Crippen LogP contribution in [0.3, 0.4) is 0 Å². The highest BCUT2D eigenvalue weighted by Gasteiger charge is 2.42. The number of hydrogen-bond acceptors (Lipinski definition) is 5. The van der Waals surface area contributed by atoms with E-state index in [9.17, 15) is 9.59 Å². The van der Waals surface area contributed by atoms with Crippen LogP contribution >= 0.6 is 11.6 Å². The van der Waals surface area contributed by atoms with E-state index in [1.54, 1.807) is 9.80 Å². The summed E-state index contributed by atoms with van der Waals surface area (Å²) in [5, 5.41) is 0. The van der Waals surface area contributed by atoms with Crippen LogP contribution in [0.5, 0.6) is 0 Å². The molecule has 2 aliphatic heterocycles. The van der Waals surface area contributed by atoms with E-state index in [4.69, 9.17) is 25.8 Å². The lowest BCUT2D eigenvalue weighted by Crippen LogP contribution is -2.55. The number of amides is 2. The summed E-state index contributed by atoms with van der Waals surface area (Å²) in [5.41, 5.74) is -1.30. The van der Waals surface area contributed by atoms with Gasteiger partial charge in [-0.15, -0.1) is 11.6 Å². The Morgan fingerprint density at radius 1 is 1.17 bits per heavy atom. The van der Waals surface area contributed by atoms with Crippen LogP contribution in [0.15, 0.2) is 0 Å². The third-order valence-corrected chi connectivity index (χ3v) is 4.16. The summed E-state index contributed by atoms with van der Waals surface area (Å²) in [5.74, 6) is -0.232. The molecule has 8 heteroatoms. The average molecular weight is 363 g/mol. The van der Waals surface area contributed by atoms with E-state index in [1.807, 2.05) is 20.8 Å². The molecule has 0 saturated carbocycles. The Morgan fingerprint density at radius 3 is 2.54 bits per heavy atom. The molecule has 0 radical (unpaired) electrons. The first kappa shape index (κ1) is 19.3. The molecule has 1 unspecified atom stereocenters. The first-order valence-electron chi connectivity index (χ1n) is 8.28. The molecule has 1 atom stereocenters. The summed E-state index contributed by atoms with van der Waals surface area (Å²) >= 11 is 5.69. The average Bonchev–Trinajstić information content (AvgIpc) is 2.83. The number of ether oxygens (including phenoxy) is 3. The second-order valence-electron chi connectivity index (χ2n) is 7.29. The third-order valence-electron chi connectivity index (χ3n) is 3.93. The maximum absolute atomic E-state index is 12.5. The number of hydrogen-bond donors (Lipinski definition) is 0. The third kappa shape index (κ3) is 5.22. The minimum atomic E-state index is -0.744. The maximum Gasteiger partial charge on any atom is 0.410 e. The number of carbonyl (C=O) groups excluding carboxylic acids is 2. The summed E-state index contributed by atoms with van der Waals surface area (Å²) in [6.07, 6.45) is 0.344. The molecule has 1 spiro atoms. The van der Waals surface area contributed by atoms with E-state index in [1.165, 1.54) is 0 Å². The van der Waals surface area contributed by atoms with Gasteiger partial charge < -0.3 is 24.0 Å². The number of alkyl halides is 1. The highest BCUT2D eigenvalue weighted by Crippen LogP contribution is 2.24. The molecular formula is C16H27ClN2O5. The van der Waals surface area contributed by atoms with Crippen LogP contribution in [0.2, 0.25) is 0 Å². The van der Waals surface area contributed by atoms with Crippen LogP contribution in [-0.4, -0.2) is 84.9 Å². The predicted molar refractivity (Wildman–Crippen MR) is 89.2 cm³/mol. The molecule has 0 bridgehead atoms. The highest BCUT2D eigenvalue weighted by molar-refractivity contribution is 6.27. The highest BCUT2D eigenvalue weighted by atomic mass is 35.5. The molecular weight excluding hydrogens is 336 g/mol. The van der Waals surface area contributed by atoms with Crippen LogP contribution in [-0.2, 0) is 19.0 Å². The number of rotatable bonds is 1. The smallest absolute Gasteiger partial charge is 0.410 e. The normalized spacial score (nSPS) is 26.0. The number of carbonyl (C=O) groups is 2. The van der Waals surface area contributed by atoms with Gasteiger partial charge in [0.2, 0.25) is 5.91 Å². The summed E-state index contributed by atoms with van der Waals surface area (Å²) in [6.45, 7) is 8.50. The number of nitrogens with zero attached hydrogens (tertiary/aromatic N) is 2. The van der Waals surface area contributed by atoms with Gasteiger partial charge in [-0.3, -0.25) is 4.79 Å². The van der Waals surface area contributed by atoms with Crippen molar-refractivity contribution in [2.75, 3.05) is 51.9 Å². The van der Waals surface area contributed by atoms with E-state index in [0.29, 0.717) is 52.4 Å².